The normalized spacial score (nSPS) is 28.6. The predicted octanol–water partition coefficient (Wildman–Crippen LogP) is 3.75. The Hall–Kier alpha value is -2.65. The zero-order valence-electron chi connectivity index (χ0n) is 25.2. The average molecular weight is 558 g/mol. The van der Waals surface area contributed by atoms with E-state index in [0.717, 1.165) is 6.42 Å². The number of fused-ring (bicyclic) bond motifs is 1. The minimum Gasteiger partial charge on any atom is -0.494 e. The lowest BCUT2D eigenvalue weighted by Gasteiger charge is -2.41. The van der Waals surface area contributed by atoms with Crippen LogP contribution in [0.3, 0.4) is 0 Å². The number of aliphatic hydroxyl groups excluding tert-OH is 1. The number of rotatable bonds is 10. The van der Waals surface area contributed by atoms with E-state index in [1.807, 2.05) is 34.6 Å². The first-order valence-corrected chi connectivity index (χ1v) is 14.6. The molecule has 0 saturated carbocycles. The molecule has 9 nitrogen and oxygen atoms in total. The molecule has 3 aliphatic heterocycles. The Morgan fingerprint density at radius 3 is 2.35 bits per heavy atom. The number of hydrogen-bond acceptors (Lipinski definition) is 6. The van der Waals surface area contributed by atoms with Crippen LogP contribution in [0.4, 0.5) is 5.69 Å². The molecule has 1 aromatic rings. The molecule has 4 rings (SSSR count). The van der Waals surface area contributed by atoms with Crippen LogP contribution in [-0.2, 0) is 19.1 Å². The maximum absolute atomic E-state index is 14.2. The van der Waals surface area contributed by atoms with Crippen molar-refractivity contribution in [1.29, 1.82) is 0 Å². The van der Waals surface area contributed by atoms with Gasteiger partial charge in [-0.15, -0.1) is 0 Å². The van der Waals surface area contributed by atoms with E-state index >= 15 is 0 Å². The van der Waals surface area contributed by atoms with Crippen molar-refractivity contribution in [3.63, 3.8) is 0 Å². The number of hydrogen-bond donors (Lipinski definition) is 3. The van der Waals surface area contributed by atoms with Crippen LogP contribution in [0.5, 0.6) is 5.75 Å². The van der Waals surface area contributed by atoms with Crippen LogP contribution in [0.25, 0.3) is 0 Å². The highest BCUT2D eigenvalue weighted by atomic mass is 16.5. The number of amides is 3. The lowest BCUT2D eigenvalue weighted by atomic mass is 9.70. The number of ether oxygens (including phenoxy) is 2. The highest BCUT2D eigenvalue weighted by Crippen LogP contribution is 2.59. The molecule has 3 amide bonds. The van der Waals surface area contributed by atoms with Crippen molar-refractivity contribution in [2.45, 2.75) is 104 Å². The van der Waals surface area contributed by atoms with Crippen LogP contribution >= 0.6 is 0 Å². The Morgan fingerprint density at radius 1 is 1.15 bits per heavy atom. The van der Waals surface area contributed by atoms with E-state index in [9.17, 15) is 19.5 Å². The summed E-state index contributed by atoms with van der Waals surface area (Å²) < 4.78 is 12.0. The molecule has 3 aliphatic rings. The summed E-state index contributed by atoms with van der Waals surface area (Å²) in [6.07, 6.45) is 1.36. The van der Waals surface area contributed by atoms with E-state index < -0.39 is 41.2 Å². The van der Waals surface area contributed by atoms with Crippen molar-refractivity contribution in [1.82, 2.24) is 10.2 Å². The Bertz CT molecular complexity index is 1110. The third kappa shape index (κ3) is 5.59. The zero-order chi connectivity index (χ0) is 29.6. The van der Waals surface area contributed by atoms with Crippen LogP contribution < -0.4 is 15.4 Å². The smallest absolute Gasteiger partial charge is 0.246 e. The number of anilines is 1. The molecule has 2 bridgehead atoms. The number of nitrogens with one attached hydrogen (secondary N) is 2. The number of carbonyl (C=O) groups is 3. The summed E-state index contributed by atoms with van der Waals surface area (Å²) >= 11 is 0. The number of aliphatic hydroxyl groups is 1. The summed E-state index contributed by atoms with van der Waals surface area (Å²) in [6, 6.07) is 5.60. The molecule has 6 atom stereocenters. The van der Waals surface area contributed by atoms with E-state index in [0.29, 0.717) is 30.9 Å². The summed E-state index contributed by atoms with van der Waals surface area (Å²) in [6.45, 7) is 16.3. The van der Waals surface area contributed by atoms with E-state index in [1.165, 1.54) is 4.90 Å². The minimum atomic E-state index is -1.12. The number of benzene rings is 1. The zero-order valence-corrected chi connectivity index (χ0v) is 25.2. The molecule has 2 unspecified atom stereocenters. The highest BCUT2D eigenvalue weighted by Gasteiger charge is 2.75. The Kier molecular flexibility index (Phi) is 8.31. The molecule has 3 N–H and O–H groups in total. The summed E-state index contributed by atoms with van der Waals surface area (Å²) in [4.78, 5) is 43.6. The quantitative estimate of drug-likeness (QED) is 0.404. The molecule has 1 aromatic carbocycles. The van der Waals surface area contributed by atoms with E-state index in [4.69, 9.17) is 9.47 Å². The van der Waals surface area contributed by atoms with Gasteiger partial charge in [-0.25, -0.2) is 0 Å². The first kappa shape index (κ1) is 30.3. The average Bonchev–Trinajstić information content (AvgIpc) is 3.46. The van der Waals surface area contributed by atoms with Crippen molar-refractivity contribution in [2.75, 3.05) is 18.5 Å². The van der Waals surface area contributed by atoms with Crippen LogP contribution in [0, 0.1) is 23.2 Å². The number of likely N-dealkylation sites (tertiary alicyclic amines) is 1. The summed E-state index contributed by atoms with van der Waals surface area (Å²) in [7, 11) is 0. The molecule has 3 fully saturated rings. The van der Waals surface area contributed by atoms with Gasteiger partial charge in [-0.05, 0) is 75.6 Å². The van der Waals surface area contributed by atoms with Crippen molar-refractivity contribution >= 4 is 23.4 Å². The standard InChI is InChI=1S/C31H47N3O6/c1-9-39-20-12-10-19(11-13-20)32-26(36)23-22-14-15-31(40-22)24(23)28(38)34(21(16-35)18(2)3)25(31)27(37)33-30(7,8)17-29(4,5)6/h10-13,18,21-25,35H,9,14-17H2,1-8H3,(H,32,36)(H,33,37)/t21-,22+,23-,24-,25?,31?/m0/s1. The lowest BCUT2D eigenvalue weighted by molar-refractivity contribution is -0.147. The lowest BCUT2D eigenvalue weighted by Crippen LogP contribution is -2.61. The topological polar surface area (TPSA) is 117 Å². The molecule has 1 spiro atoms. The van der Waals surface area contributed by atoms with Crippen molar-refractivity contribution in [3.05, 3.63) is 24.3 Å². The van der Waals surface area contributed by atoms with Crippen LogP contribution in [0.15, 0.2) is 24.3 Å². The second kappa shape index (κ2) is 11.0. The molecule has 3 saturated heterocycles. The number of nitrogens with zero attached hydrogens (tertiary/aromatic N) is 1. The fraction of sp³-hybridized carbons (Fsp3) is 0.710. The molecule has 0 radical (unpaired) electrons. The van der Waals surface area contributed by atoms with Crippen LogP contribution in [0.1, 0.15) is 74.7 Å². The molecule has 3 heterocycles. The third-order valence-corrected chi connectivity index (χ3v) is 8.47. The molecule has 0 aliphatic carbocycles. The van der Waals surface area contributed by atoms with Crippen LogP contribution in [0.2, 0.25) is 0 Å². The fourth-order valence-electron chi connectivity index (χ4n) is 7.47. The van der Waals surface area contributed by atoms with Gasteiger partial charge < -0.3 is 30.1 Å². The van der Waals surface area contributed by atoms with Crippen molar-refractivity contribution in [3.8, 4) is 5.75 Å². The van der Waals surface area contributed by atoms with Gasteiger partial charge in [0.05, 0.1) is 37.2 Å². The van der Waals surface area contributed by atoms with Gasteiger partial charge in [-0.1, -0.05) is 34.6 Å². The molecule has 9 heteroatoms. The summed E-state index contributed by atoms with van der Waals surface area (Å²) in [5.41, 5.74) is -1.08. The van der Waals surface area contributed by atoms with E-state index in [-0.39, 0.29) is 35.7 Å². The molecular formula is C31H47N3O6. The van der Waals surface area contributed by atoms with Gasteiger partial charge in [0.1, 0.15) is 17.4 Å². The SMILES string of the molecule is CCOc1ccc(NC(=O)[C@@H]2[C@H]3C(=O)N([C@@H](CO)C(C)C)C(C(=O)NC(C)(C)CC(C)(C)C)C34CC[C@H]2O4)cc1. The molecule has 40 heavy (non-hydrogen) atoms. The van der Waals surface area contributed by atoms with Gasteiger partial charge in [-0.3, -0.25) is 14.4 Å². The summed E-state index contributed by atoms with van der Waals surface area (Å²) in [5, 5.41) is 16.5. The fourth-order valence-corrected chi connectivity index (χ4v) is 7.47. The van der Waals surface area contributed by atoms with E-state index in [2.05, 4.69) is 31.4 Å². The minimum absolute atomic E-state index is 0.0271. The first-order chi connectivity index (χ1) is 18.6. The van der Waals surface area contributed by atoms with Crippen molar-refractivity contribution < 1.29 is 29.0 Å². The second-order valence-electron chi connectivity index (χ2n) is 13.9. The molecular weight excluding hydrogens is 510 g/mol. The Morgan fingerprint density at radius 2 is 1.80 bits per heavy atom. The summed E-state index contributed by atoms with van der Waals surface area (Å²) in [5.74, 6) is -1.82. The number of carbonyl (C=O) groups excluding carboxylic acids is 3. The predicted molar refractivity (Wildman–Crippen MR) is 153 cm³/mol. The van der Waals surface area contributed by atoms with Gasteiger partial charge in [0.25, 0.3) is 0 Å². The van der Waals surface area contributed by atoms with Gasteiger partial charge >= 0.3 is 0 Å². The highest BCUT2D eigenvalue weighted by molar-refractivity contribution is 6.02. The van der Waals surface area contributed by atoms with Crippen molar-refractivity contribution in [2.24, 2.45) is 23.2 Å². The Balaban J connectivity index is 1.66. The maximum atomic E-state index is 14.2. The third-order valence-electron chi connectivity index (χ3n) is 8.47. The maximum Gasteiger partial charge on any atom is 0.246 e. The molecule has 0 aromatic heterocycles. The van der Waals surface area contributed by atoms with Gasteiger partial charge in [0.15, 0.2) is 0 Å². The molecule has 222 valence electrons. The van der Waals surface area contributed by atoms with Gasteiger partial charge in [0.2, 0.25) is 17.7 Å². The van der Waals surface area contributed by atoms with Gasteiger partial charge in [-0.2, -0.15) is 0 Å². The largest absolute Gasteiger partial charge is 0.494 e. The Labute approximate surface area is 238 Å². The van der Waals surface area contributed by atoms with Gasteiger partial charge in [0, 0.05) is 11.2 Å². The first-order valence-electron chi connectivity index (χ1n) is 14.6. The van der Waals surface area contributed by atoms with E-state index in [1.54, 1.807) is 24.3 Å². The monoisotopic (exact) mass is 557 g/mol. The van der Waals surface area contributed by atoms with Crippen LogP contribution in [-0.4, -0.2) is 70.3 Å². The second-order valence-corrected chi connectivity index (χ2v) is 13.9.